The maximum absolute atomic E-state index is 9.25. The normalized spacial score (nSPS) is 15.8. The summed E-state index contributed by atoms with van der Waals surface area (Å²) in [6.45, 7) is 6.19. The van der Waals surface area contributed by atoms with Crippen LogP contribution in [0.2, 0.25) is 0 Å². The molecule has 1 heterocycles. The first-order valence-corrected chi connectivity index (χ1v) is 4.42. The van der Waals surface area contributed by atoms with E-state index in [1.807, 2.05) is 26.8 Å². The van der Waals surface area contributed by atoms with Crippen molar-refractivity contribution >= 4 is 0 Å². The first-order valence-electron chi connectivity index (χ1n) is 4.42. The highest BCUT2D eigenvalue weighted by Gasteiger charge is 2.28. The van der Waals surface area contributed by atoms with Crippen LogP contribution >= 0.6 is 0 Å². The molecule has 0 bridgehead atoms. The van der Waals surface area contributed by atoms with E-state index in [1.54, 1.807) is 0 Å². The first kappa shape index (κ1) is 10.3. The number of aliphatic hydroxyl groups excluding tert-OH is 1. The van der Waals surface area contributed by atoms with Gasteiger partial charge in [0, 0.05) is 17.5 Å². The summed E-state index contributed by atoms with van der Waals surface area (Å²) in [6.07, 6.45) is 0. The minimum atomic E-state index is -0.373. The molecule has 0 saturated heterocycles. The quantitative estimate of drug-likeness (QED) is 0.737. The minimum Gasteiger partial charge on any atom is -0.466 e. The molecule has 0 aliphatic heterocycles. The number of hydrogen-bond acceptors (Lipinski definition) is 3. The Morgan fingerprint density at radius 2 is 2.15 bits per heavy atom. The SMILES string of the molecule is Cc1cc(C(C)(CN)CO)c(C)o1. The number of furan rings is 1. The molecule has 0 amide bonds. The van der Waals surface area contributed by atoms with E-state index in [2.05, 4.69) is 0 Å². The predicted octanol–water partition coefficient (Wildman–Crippen LogP) is 1.11. The number of rotatable bonds is 3. The van der Waals surface area contributed by atoms with E-state index in [9.17, 15) is 5.11 Å². The molecule has 1 atom stereocenters. The summed E-state index contributed by atoms with van der Waals surface area (Å²) in [5, 5.41) is 9.25. The predicted molar refractivity (Wildman–Crippen MR) is 51.7 cm³/mol. The van der Waals surface area contributed by atoms with Crippen LogP contribution in [0.3, 0.4) is 0 Å². The Bertz CT molecular complexity index is 287. The van der Waals surface area contributed by atoms with Gasteiger partial charge in [-0.25, -0.2) is 0 Å². The third-order valence-corrected chi connectivity index (χ3v) is 2.49. The molecule has 3 nitrogen and oxygen atoms in total. The molecular weight excluding hydrogens is 166 g/mol. The monoisotopic (exact) mass is 183 g/mol. The largest absolute Gasteiger partial charge is 0.466 e. The highest BCUT2D eigenvalue weighted by Crippen LogP contribution is 2.27. The number of aryl methyl sites for hydroxylation is 2. The molecule has 0 radical (unpaired) electrons. The fourth-order valence-electron chi connectivity index (χ4n) is 1.49. The van der Waals surface area contributed by atoms with E-state index in [0.717, 1.165) is 17.1 Å². The van der Waals surface area contributed by atoms with Crippen LogP contribution < -0.4 is 5.73 Å². The number of hydrogen-bond donors (Lipinski definition) is 2. The van der Waals surface area contributed by atoms with Crippen molar-refractivity contribution < 1.29 is 9.52 Å². The molecule has 1 aromatic heterocycles. The number of aliphatic hydroxyl groups is 1. The van der Waals surface area contributed by atoms with Crippen LogP contribution in [-0.4, -0.2) is 18.3 Å². The van der Waals surface area contributed by atoms with Gasteiger partial charge in [0.15, 0.2) is 0 Å². The van der Waals surface area contributed by atoms with Gasteiger partial charge in [-0.1, -0.05) is 6.92 Å². The second-order valence-electron chi connectivity index (χ2n) is 3.75. The first-order chi connectivity index (χ1) is 6.03. The van der Waals surface area contributed by atoms with Crippen LogP contribution in [0.5, 0.6) is 0 Å². The average molecular weight is 183 g/mol. The van der Waals surface area contributed by atoms with Gasteiger partial charge in [-0.3, -0.25) is 0 Å². The van der Waals surface area contributed by atoms with Crippen molar-refractivity contribution in [3.05, 3.63) is 23.2 Å². The fourth-order valence-corrected chi connectivity index (χ4v) is 1.49. The van der Waals surface area contributed by atoms with Gasteiger partial charge in [0.25, 0.3) is 0 Å². The summed E-state index contributed by atoms with van der Waals surface area (Å²) < 4.78 is 5.40. The molecule has 3 N–H and O–H groups in total. The van der Waals surface area contributed by atoms with Crippen molar-refractivity contribution in [1.29, 1.82) is 0 Å². The lowest BCUT2D eigenvalue weighted by molar-refractivity contribution is 0.208. The van der Waals surface area contributed by atoms with E-state index in [-0.39, 0.29) is 12.0 Å². The van der Waals surface area contributed by atoms with Gasteiger partial charge in [0.05, 0.1) is 6.61 Å². The molecule has 1 rings (SSSR count). The lowest BCUT2D eigenvalue weighted by Gasteiger charge is -2.24. The lowest BCUT2D eigenvalue weighted by atomic mass is 9.83. The molecule has 74 valence electrons. The van der Waals surface area contributed by atoms with E-state index in [4.69, 9.17) is 10.2 Å². The third-order valence-electron chi connectivity index (χ3n) is 2.49. The summed E-state index contributed by atoms with van der Waals surface area (Å²) in [5.74, 6) is 1.71. The fraction of sp³-hybridized carbons (Fsp3) is 0.600. The Hall–Kier alpha value is -0.800. The lowest BCUT2D eigenvalue weighted by Crippen LogP contribution is -2.35. The van der Waals surface area contributed by atoms with Crippen LogP contribution in [-0.2, 0) is 5.41 Å². The minimum absolute atomic E-state index is 0.0450. The Labute approximate surface area is 78.5 Å². The molecule has 13 heavy (non-hydrogen) atoms. The van der Waals surface area contributed by atoms with E-state index < -0.39 is 0 Å². The Balaban J connectivity index is 3.11. The van der Waals surface area contributed by atoms with Crippen LogP contribution in [0.4, 0.5) is 0 Å². The smallest absolute Gasteiger partial charge is 0.104 e. The van der Waals surface area contributed by atoms with Gasteiger partial charge in [-0.05, 0) is 19.9 Å². The van der Waals surface area contributed by atoms with Crippen LogP contribution in [0, 0.1) is 13.8 Å². The Kier molecular flexibility index (Phi) is 2.78. The van der Waals surface area contributed by atoms with Crippen molar-refractivity contribution in [2.45, 2.75) is 26.2 Å². The molecule has 0 aliphatic rings. The van der Waals surface area contributed by atoms with E-state index >= 15 is 0 Å². The van der Waals surface area contributed by atoms with Gasteiger partial charge in [-0.2, -0.15) is 0 Å². The molecule has 0 aliphatic carbocycles. The van der Waals surface area contributed by atoms with Gasteiger partial charge >= 0.3 is 0 Å². The third kappa shape index (κ3) is 1.76. The zero-order valence-corrected chi connectivity index (χ0v) is 8.42. The Morgan fingerprint density at radius 3 is 2.46 bits per heavy atom. The van der Waals surface area contributed by atoms with Crippen molar-refractivity contribution in [2.75, 3.05) is 13.2 Å². The maximum Gasteiger partial charge on any atom is 0.104 e. The maximum atomic E-state index is 9.25. The Morgan fingerprint density at radius 1 is 1.54 bits per heavy atom. The standard InChI is InChI=1S/C10H17NO2/c1-7-4-9(8(2)13-7)10(3,5-11)6-12/h4,12H,5-6,11H2,1-3H3. The summed E-state index contributed by atoms with van der Waals surface area (Å²) in [6, 6.07) is 1.94. The molecule has 0 spiro atoms. The molecule has 1 aromatic rings. The summed E-state index contributed by atoms with van der Waals surface area (Å²) in [5.41, 5.74) is 6.26. The van der Waals surface area contributed by atoms with E-state index in [0.29, 0.717) is 6.54 Å². The van der Waals surface area contributed by atoms with Crippen molar-refractivity contribution in [3.63, 3.8) is 0 Å². The molecular formula is C10H17NO2. The van der Waals surface area contributed by atoms with Crippen molar-refractivity contribution in [1.82, 2.24) is 0 Å². The van der Waals surface area contributed by atoms with Crippen molar-refractivity contribution in [2.24, 2.45) is 5.73 Å². The van der Waals surface area contributed by atoms with Gasteiger partial charge in [-0.15, -0.1) is 0 Å². The second-order valence-corrected chi connectivity index (χ2v) is 3.75. The molecule has 0 aromatic carbocycles. The zero-order chi connectivity index (χ0) is 10.1. The van der Waals surface area contributed by atoms with Gasteiger partial charge < -0.3 is 15.3 Å². The highest BCUT2D eigenvalue weighted by atomic mass is 16.3. The summed E-state index contributed by atoms with van der Waals surface area (Å²) in [4.78, 5) is 0. The van der Waals surface area contributed by atoms with Gasteiger partial charge in [0.1, 0.15) is 11.5 Å². The van der Waals surface area contributed by atoms with Crippen LogP contribution in [0.1, 0.15) is 24.0 Å². The van der Waals surface area contributed by atoms with Crippen molar-refractivity contribution in [3.8, 4) is 0 Å². The molecule has 0 saturated carbocycles. The summed E-state index contributed by atoms with van der Waals surface area (Å²) in [7, 11) is 0. The van der Waals surface area contributed by atoms with E-state index in [1.165, 1.54) is 0 Å². The van der Waals surface area contributed by atoms with Crippen LogP contribution in [0.25, 0.3) is 0 Å². The highest BCUT2D eigenvalue weighted by molar-refractivity contribution is 5.29. The topological polar surface area (TPSA) is 59.4 Å². The second kappa shape index (κ2) is 3.52. The molecule has 0 fully saturated rings. The van der Waals surface area contributed by atoms with Gasteiger partial charge in [0.2, 0.25) is 0 Å². The average Bonchev–Trinajstić information content (AvgIpc) is 2.44. The zero-order valence-electron chi connectivity index (χ0n) is 8.42. The molecule has 3 heteroatoms. The van der Waals surface area contributed by atoms with Crippen LogP contribution in [0.15, 0.2) is 10.5 Å². The number of nitrogens with two attached hydrogens (primary N) is 1. The summed E-state index contributed by atoms with van der Waals surface area (Å²) >= 11 is 0. The molecule has 1 unspecified atom stereocenters.